The van der Waals surface area contributed by atoms with Crippen molar-refractivity contribution in [3.8, 4) is 0 Å². The Kier molecular flexibility index (Phi) is 5.06. The highest BCUT2D eigenvalue weighted by Gasteiger charge is 2.65. The van der Waals surface area contributed by atoms with Crippen LogP contribution in [0.4, 0.5) is 0 Å². The minimum absolute atomic E-state index is 0.0353. The van der Waals surface area contributed by atoms with Crippen molar-refractivity contribution < 1.29 is 9.90 Å². The number of benzene rings is 1. The average Bonchev–Trinajstić information content (AvgIpc) is 2.81. The number of carboxylic acids is 1. The van der Waals surface area contributed by atoms with Gasteiger partial charge < -0.3 is 5.11 Å². The van der Waals surface area contributed by atoms with Crippen LogP contribution in [0, 0.1) is 50.2 Å². The highest BCUT2D eigenvalue weighted by atomic mass is 16.4. The first-order chi connectivity index (χ1) is 20.9. The van der Waals surface area contributed by atoms with E-state index in [0.29, 0.717) is 32.5 Å². The molecule has 0 radical (unpaired) electrons. The van der Waals surface area contributed by atoms with E-state index in [2.05, 4.69) is 53.7 Å². The van der Waals surface area contributed by atoms with Crippen molar-refractivity contribution >= 4 is 5.97 Å². The second kappa shape index (κ2) is 7.94. The first kappa shape index (κ1) is 28.7. The number of carboxylic acid groups (broad SMARTS) is 1. The Bertz CT molecular complexity index is 1420. The second-order valence-corrected chi connectivity index (χ2v) is 23.0. The van der Waals surface area contributed by atoms with Gasteiger partial charge in [-0.05, 0) is 199 Å². The lowest BCUT2D eigenvalue weighted by atomic mass is 9.37. The average molecular weight is 609 g/mol. The minimum atomic E-state index is -0.604. The number of aromatic carboxylic acids is 1. The summed E-state index contributed by atoms with van der Waals surface area (Å²) in [5.41, 5.74) is 7.74. The Morgan fingerprint density at radius 1 is 0.489 bits per heavy atom. The van der Waals surface area contributed by atoms with Crippen LogP contribution in [-0.2, 0) is 16.2 Å². The molecule has 2 heteroatoms. The lowest BCUT2D eigenvalue weighted by Crippen LogP contribution is -2.59. The number of hydrogen-bond donors (Lipinski definition) is 1. The highest BCUT2D eigenvalue weighted by Crippen LogP contribution is 2.74. The maximum Gasteiger partial charge on any atom is 0.336 e. The van der Waals surface area contributed by atoms with Gasteiger partial charge >= 0.3 is 5.97 Å². The lowest BCUT2D eigenvalue weighted by Gasteiger charge is -2.68. The quantitative estimate of drug-likeness (QED) is 0.369. The molecule has 12 bridgehead atoms. The van der Waals surface area contributed by atoms with Gasteiger partial charge in [0.15, 0.2) is 0 Å². The molecule has 0 aliphatic heterocycles. The molecule has 45 heavy (non-hydrogen) atoms. The lowest BCUT2D eigenvalue weighted by molar-refractivity contribution is -0.114. The molecular formula is C43H60O2. The fraction of sp³-hybridized carbons (Fsp3) is 0.837. The van der Waals surface area contributed by atoms with Gasteiger partial charge in [-0.2, -0.15) is 0 Å². The van der Waals surface area contributed by atoms with E-state index in [9.17, 15) is 9.90 Å². The van der Waals surface area contributed by atoms with E-state index >= 15 is 0 Å². The van der Waals surface area contributed by atoms with Crippen LogP contribution in [0.3, 0.4) is 0 Å². The summed E-state index contributed by atoms with van der Waals surface area (Å²) in [7, 11) is 0. The molecule has 12 aliphatic carbocycles. The van der Waals surface area contributed by atoms with Gasteiger partial charge in [0.25, 0.3) is 0 Å². The summed E-state index contributed by atoms with van der Waals surface area (Å²) in [6.07, 6.45) is 23.7. The van der Waals surface area contributed by atoms with Gasteiger partial charge in [0, 0.05) is 0 Å². The summed E-state index contributed by atoms with van der Waals surface area (Å²) < 4.78 is 0. The maximum atomic E-state index is 14.0. The zero-order chi connectivity index (χ0) is 31.3. The fourth-order valence-electron chi connectivity index (χ4n) is 19.3. The van der Waals surface area contributed by atoms with Crippen molar-refractivity contribution in [3.05, 3.63) is 34.4 Å². The van der Waals surface area contributed by atoms with E-state index < -0.39 is 5.97 Å². The number of carbonyl (C=O) groups is 1. The van der Waals surface area contributed by atoms with Crippen LogP contribution in [0.2, 0.25) is 0 Å². The molecule has 12 aliphatic rings. The molecule has 6 unspecified atom stereocenters. The van der Waals surface area contributed by atoms with Gasteiger partial charge in [-0.15, -0.1) is 0 Å². The van der Waals surface area contributed by atoms with Crippen LogP contribution in [-0.4, -0.2) is 11.1 Å². The molecule has 1 N–H and O–H groups in total. The molecular weight excluding hydrogens is 548 g/mol. The zero-order valence-corrected chi connectivity index (χ0v) is 29.5. The van der Waals surface area contributed by atoms with Crippen molar-refractivity contribution in [2.45, 2.75) is 173 Å². The van der Waals surface area contributed by atoms with Crippen molar-refractivity contribution in [2.24, 2.45) is 50.2 Å². The molecule has 2 nitrogen and oxygen atoms in total. The number of hydrogen-bond acceptors (Lipinski definition) is 1. The standard InChI is InChI=1S/C43H60O2/c1-35-9-27-10-36(2,18-35)22-41(15-27,21-35)30-7-31(42-16-28-11-37(3,23-42)19-38(4,12-28)24-42)33(34(44)45)32(8-30)43-17-29-13-39(5,25-43)20-40(6,14-29)26-43/h7-8,27-29H,9-26H2,1-6H3,(H,44,45). The minimum Gasteiger partial charge on any atom is -0.478 e. The normalized spacial score (nSPS) is 58.0. The molecule has 0 spiro atoms. The molecule has 0 saturated heterocycles. The topological polar surface area (TPSA) is 37.3 Å². The predicted octanol–water partition coefficient (Wildman–Crippen LogP) is 11.1. The largest absolute Gasteiger partial charge is 0.478 e. The molecule has 13 rings (SSSR count). The summed E-state index contributed by atoms with van der Waals surface area (Å²) in [5, 5.41) is 11.5. The van der Waals surface area contributed by atoms with E-state index in [1.54, 1.807) is 5.56 Å². The molecule has 12 fully saturated rings. The van der Waals surface area contributed by atoms with Gasteiger partial charge in [0.2, 0.25) is 0 Å². The maximum absolute atomic E-state index is 14.0. The van der Waals surface area contributed by atoms with Gasteiger partial charge in [-0.3, -0.25) is 0 Å². The molecule has 0 heterocycles. The van der Waals surface area contributed by atoms with Crippen LogP contribution in [0.1, 0.15) is 184 Å². The first-order valence-corrected chi connectivity index (χ1v) is 19.3. The monoisotopic (exact) mass is 608 g/mol. The van der Waals surface area contributed by atoms with Crippen LogP contribution in [0.5, 0.6) is 0 Å². The van der Waals surface area contributed by atoms with Crippen LogP contribution in [0.15, 0.2) is 12.1 Å². The van der Waals surface area contributed by atoms with Crippen LogP contribution < -0.4 is 0 Å². The summed E-state index contributed by atoms with van der Waals surface area (Å²) in [4.78, 5) is 14.0. The van der Waals surface area contributed by atoms with E-state index in [1.165, 1.54) is 127 Å². The van der Waals surface area contributed by atoms with Crippen molar-refractivity contribution in [2.75, 3.05) is 0 Å². The van der Waals surface area contributed by atoms with Gasteiger partial charge in [0.1, 0.15) is 0 Å². The summed E-state index contributed by atoms with van der Waals surface area (Å²) in [5.74, 6) is 1.77. The molecule has 244 valence electrons. The van der Waals surface area contributed by atoms with Crippen molar-refractivity contribution in [1.82, 2.24) is 0 Å². The smallest absolute Gasteiger partial charge is 0.336 e. The van der Waals surface area contributed by atoms with Crippen LogP contribution >= 0.6 is 0 Å². The summed E-state index contributed by atoms with van der Waals surface area (Å²) in [6, 6.07) is 5.27. The Hall–Kier alpha value is -1.31. The second-order valence-electron chi connectivity index (χ2n) is 23.0. The Morgan fingerprint density at radius 2 is 0.778 bits per heavy atom. The summed E-state index contributed by atoms with van der Waals surface area (Å²) in [6.45, 7) is 15.6. The number of rotatable bonds is 4. The van der Waals surface area contributed by atoms with Gasteiger partial charge in [0.05, 0.1) is 5.56 Å². The van der Waals surface area contributed by atoms with E-state index in [-0.39, 0.29) is 16.2 Å². The first-order valence-electron chi connectivity index (χ1n) is 19.3. The summed E-state index contributed by atoms with van der Waals surface area (Å²) >= 11 is 0. The van der Waals surface area contributed by atoms with Gasteiger partial charge in [-0.1, -0.05) is 53.7 Å². The molecule has 0 aromatic heterocycles. The third-order valence-electron chi connectivity index (χ3n) is 17.0. The Labute approximate surface area is 273 Å². The molecule has 12 saturated carbocycles. The molecule has 1 aromatic rings. The zero-order valence-electron chi connectivity index (χ0n) is 29.5. The van der Waals surface area contributed by atoms with E-state index in [0.717, 1.165) is 23.3 Å². The Balaban J connectivity index is 1.24. The fourth-order valence-corrected chi connectivity index (χ4v) is 19.3. The van der Waals surface area contributed by atoms with E-state index in [1.807, 2.05) is 0 Å². The van der Waals surface area contributed by atoms with Crippen molar-refractivity contribution in [3.63, 3.8) is 0 Å². The predicted molar refractivity (Wildman–Crippen MR) is 181 cm³/mol. The van der Waals surface area contributed by atoms with Crippen molar-refractivity contribution in [1.29, 1.82) is 0 Å². The molecule has 1 aromatic carbocycles. The molecule has 0 amide bonds. The Morgan fingerprint density at radius 3 is 1.07 bits per heavy atom. The highest BCUT2D eigenvalue weighted by molar-refractivity contribution is 5.93. The third-order valence-corrected chi connectivity index (χ3v) is 17.0. The van der Waals surface area contributed by atoms with E-state index in [4.69, 9.17) is 0 Å². The van der Waals surface area contributed by atoms with Crippen LogP contribution in [0.25, 0.3) is 0 Å². The van der Waals surface area contributed by atoms with Gasteiger partial charge in [-0.25, -0.2) is 4.79 Å². The third kappa shape index (κ3) is 3.84. The SMILES string of the molecule is CC12CC3CC(C)(C1)CC(c1cc(C45CC6CC(C)(CC(C)(C6)C4)C5)c(C(=O)O)c(C45CC6CC(C)(CC(C)(C6)C4)C5)c1)(C3)C2. The molecule has 6 atom stereocenters.